The van der Waals surface area contributed by atoms with Gasteiger partial charge in [0.25, 0.3) is 0 Å². The Kier molecular flexibility index (Phi) is 3.05. The Balaban J connectivity index is 2.41. The number of carboxylic acid groups (broad SMARTS) is 1. The van der Waals surface area contributed by atoms with Crippen molar-refractivity contribution in [1.29, 1.82) is 0 Å². The summed E-state index contributed by atoms with van der Waals surface area (Å²) in [4.78, 5) is 10.9. The Bertz CT molecular complexity index is 438. The van der Waals surface area contributed by atoms with E-state index in [4.69, 9.17) is 9.84 Å². The quantitative estimate of drug-likeness (QED) is 0.857. The highest BCUT2D eigenvalue weighted by molar-refractivity contribution is 5.70. The van der Waals surface area contributed by atoms with Gasteiger partial charge in [-0.05, 0) is 24.5 Å². The molecule has 0 bridgehead atoms. The van der Waals surface area contributed by atoms with Crippen LogP contribution in [0.5, 0.6) is 5.75 Å². The summed E-state index contributed by atoms with van der Waals surface area (Å²) in [6, 6.07) is 5.30. The molecular formula is C13H15FO3. The van der Waals surface area contributed by atoms with Gasteiger partial charge >= 0.3 is 5.97 Å². The Labute approximate surface area is 99.2 Å². The van der Waals surface area contributed by atoms with Crippen molar-refractivity contribution >= 4 is 5.97 Å². The average Bonchev–Trinajstić information content (AvgIpc) is 3.07. The molecule has 1 aromatic rings. The molecule has 0 atom stereocenters. The van der Waals surface area contributed by atoms with Crippen molar-refractivity contribution in [3.63, 3.8) is 0 Å². The van der Waals surface area contributed by atoms with Crippen molar-refractivity contribution in [3.05, 3.63) is 29.3 Å². The van der Waals surface area contributed by atoms with Crippen molar-refractivity contribution in [2.75, 3.05) is 7.11 Å². The van der Waals surface area contributed by atoms with Crippen molar-refractivity contribution in [2.24, 2.45) is 0 Å². The van der Waals surface area contributed by atoms with Crippen LogP contribution in [-0.4, -0.2) is 18.2 Å². The van der Waals surface area contributed by atoms with Crippen LogP contribution >= 0.6 is 0 Å². The highest BCUT2D eigenvalue weighted by atomic mass is 19.1. The predicted molar refractivity (Wildman–Crippen MR) is 61.0 cm³/mol. The summed E-state index contributed by atoms with van der Waals surface area (Å²) in [5.41, 5.74) is 0.914. The molecule has 0 saturated heterocycles. The lowest BCUT2D eigenvalue weighted by Crippen LogP contribution is -2.15. The molecule has 1 aromatic carbocycles. The Morgan fingerprint density at radius 2 is 2.24 bits per heavy atom. The topological polar surface area (TPSA) is 46.5 Å². The largest absolute Gasteiger partial charge is 0.496 e. The summed E-state index contributed by atoms with van der Waals surface area (Å²) < 4.78 is 18.2. The van der Waals surface area contributed by atoms with Gasteiger partial charge in [-0.3, -0.25) is 4.79 Å². The molecule has 1 aliphatic rings. The highest BCUT2D eigenvalue weighted by Gasteiger charge is 2.47. The van der Waals surface area contributed by atoms with E-state index in [0.717, 1.165) is 18.4 Å². The summed E-state index contributed by atoms with van der Waals surface area (Å²) >= 11 is 0. The SMILES string of the molecule is COc1cccc(C2(CC(=O)O)CC2)c1CF. The molecular weight excluding hydrogens is 223 g/mol. The summed E-state index contributed by atoms with van der Waals surface area (Å²) in [7, 11) is 1.50. The molecule has 0 spiro atoms. The van der Waals surface area contributed by atoms with E-state index in [1.165, 1.54) is 7.11 Å². The molecule has 0 unspecified atom stereocenters. The third-order valence-corrected chi connectivity index (χ3v) is 3.40. The fraction of sp³-hybridized carbons (Fsp3) is 0.462. The van der Waals surface area contributed by atoms with E-state index < -0.39 is 12.6 Å². The molecule has 4 heteroatoms. The number of alkyl halides is 1. The number of halogens is 1. The second-order valence-corrected chi connectivity index (χ2v) is 4.47. The predicted octanol–water partition coefficient (Wildman–Crippen LogP) is 2.67. The molecule has 17 heavy (non-hydrogen) atoms. The molecule has 3 nitrogen and oxygen atoms in total. The van der Waals surface area contributed by atoms with Crippen LogP contribution in [0.3, 0.4) is 0 Å². The van der Waals surface area contributed by atoms with Crippen molar-refractivity contribution < 1.29 is 19.0 Å². The van der Waals surface area contributed by atoms with Crippen LogP contribution in [0.25, 0.3) is 0 Å². The summed E-state index contributed by atoms with van der Waals surface area (Å²) in [6.45, 7) is -0.624. The van der Waals surface area contributed by atoms with Crippen LogP contribution in [0, 0.1) is 0 Å². The van der Waals surface area contributed by atoms with Crippen LogP contribution in [0.4, 0.5) is 4.39 Å². The third-order valence-electron chi connectivity index (χ3n) is 3.40. The van der Waals surface area contributed by atoms with Gasteiger partial charge in [0.1, 0.15) is 12.4 Å². The number of hydrogen-bond donors (Lipinski definition) is 1. The van der Waals surface area contributed by atoms with Gasteiger partial charge in [0.05, 0.1) is 13.5 Å². The van der Waals surface area contributed by atoms with Gasteiger partial charge < -0.3 is 9.84 Å². The lowest BCUT2D eigenvalue weighted by atomic mass is 9.88. The first-order valence-corrected chi connectivity index (χ1v) is 5.57. The first-order valence-electron chi connectivity index (χ1n) is 5.57. The lowest BCUT2D eigenvalue weighted by molar-refractivity contribution is -0.137. The zero-order valence-electron chi connectivity index (χ0n) is 9.70. The number of rotatable bonds is 5. The van der Waals surface area contributed by atoms with E-state index in [0.29, 0.717) is 11.3 Å². The van der Waals surface area contributed by atoms with E-state index >= 15 is 0 Å². The Morgan fingerprint density at radius 3 is 2.71 bits per heavy atom. The molecule has 92 valence electrons. The van der Waals surface area contributed by atoms with Crippen molar-refractivity contribution in [1.82, 2.24) is 0 Å². The van der Waals surface area contributed by atoms with E-state index in [1.807, 2.05) is 6.07 Å². The minimum Gasteiger partial charge on any atom is -0.496 e. The minimum absolute atomic E-state index is 0.0627. The minimum atomic E-state index is -0.838. The molecule has 1 saturated carbocycles. The summed E-state index contributed by atoms with van der Waals surface area (Å²) in [5, 5.41) is 8.92. The van der Waals surface area contributed by atoms with Gasteiger partial charge in [0.15, 0.2) is 0 Å². The zero-order chi connectivity index (χ0) is 12.5. The maximum absolute atomic E-state index is 13.1. The van der Waals surface area contributed by atoms with Gasteiger partial charge in [0.2, 0.25) is 0 Å². The fourth-order valence-corrected chi connectivity index (χ4v) is 2.37. The molecule has 0 amide bonds. The van der Waals surface area contributed by atoms with E-state index in [-0.39, 0.29) is 11.8 Å². The van der Waals surface area contributed by atoms with E-state index in [1.54, 1.807) is 12.1 Å². The fourth-order valence-electron chi connectivity index (χ4n) is 2.37. The molecule has 0 radical (unpaired) electrons. The molecule has 0 aromatic heterocycles. The van der Waals surface area contributed by atoms with Crippen LogP contribution in [0.15, 0.2) is 18.2 Å². The molecule has 2 rings (SSSR count). The van der Waals surface area contributed by atoms with E-state index in [9.17, 15) is 9.18 Å². The lowest BCUT2D eigenvalue weighted by Gasteiger charge is -2.18. The van der Waals surface area contributed by atoms with Crippen LogP contribution < -0.4 is 4.74 Å². The normalized spacial score (nSPS) is 16.6. The number of ether oxygens (including phenoxy) is 1. The smallest absolute Gasteiger partial charge is 0.304 e. The van der Waals surface area contributed by atoms with Gasteiger partial charge in [-0.25, -0.2) is 4.39 Å². The van der Waals surface area contributed by atoms with Crippen molar-refractivity contribution in [3.8, 4) is 5.75 Å². The third kappa shape index (κ3) is 2.12. The summed E-state index contributed by atoms with van der Waals surface area (Å²) in [6.07, 6.45) is 1.67. The molecule has 1 aliphatic carbocycles. The van der Waals surface area contributed by atoms with Gasteiger partial charge in [0, 0.05) is 11.0 Å². The number of methoxy groups -OCH3 is 1. The zero-order valence-corrected chi connectivity index (χ0v) is 9.70. The standard InChI is InChI=1S/C13H15FO3/c1-17-11-4-2-3-10(9(11)8-14)13(5-6-13)7-12(15)16/h2-4H,5-8H2,1H3,(H,15,16). The Hall–Kier alpha value is -1.58. The van der Waals surface area contributed by atoms with Crippen LogP contribution in [-0.2, 0) is 16.9 Å². The highest BCUT2D eigenvalue weighted by Crippen LogP contribution is 2.53. The van der Waals surface area contributed by atoms with Gasteiger partial charge in [-0.15, -0.1) is 0 Å². The maximum Gasteiger partial charge on any atom is 0.304 e. The molecule has 0 aliphatic heterocycles. The monoisotopic (exact) mass is 238 g/mol. The Morgan fingerprint density at radius 1 is 1.53 bits per heavy atom. The van der Waals surface area contributed by atoms with E-state index in [2.05, 4.69) is 0 Å². The number of carbonyl (C=O) groups is 1. The number of hydrogen-bond acceptors (Lipinski definition) is 2. The molecule has 1 fully saturated rings. The van der Waals surface area contributed by atoms with Gasteiger partial charge in [-0.1, -0.05) is 12.1 Å². The second kappa shape index (κ2) is 4.35. The van der Waals surface area contributed by atoms with Crippen LogP contribution in [0.1, 0.15) is 30.4 Å². The second-order valence-electron chi connectivity index (χ2n) is 4.47. The number of aliphatic carboxylic acids is 1. The van der Waals surface area contributed by atoms with Crippen molar-refractivity contribution in [2.45, 2.75) is 31.4 Å². The van der Waals surface area contributed by atoms with Crippen LogP contribution in [0.2, 0.25) is 0 Å². The first kappa shape index (κ1) is 11.9. The summed E-state index contributed by atoms with van der Waals surface area (Å²) in [5.74, 6) is -0.336. The van der Waals surface area contributed by atoms with Gasteiger partial charge in [-0.2, -0.15) is 0 Å². The molecule has 1 N–H and O–H groups in total. The number of carboxylic acids is 1. The number of benzene rings is 1. The molecule has 0 heterocycles. The maximum atomic E-state index is 13.1. The first-order chi connectivity index (χ1) is 8.13. The average molecular weight is 238 g/mol.